The number of hydrogen-bond acceptors (Lipinski definition) is 4. The molecule has 7 heteroatoms. The minimum absolute atomic E-state index is 0.0779. The Bertz CT molecular complexity index is 683. The summed E-state index contributed by atoms with van der Waals surface area (Å²) in [6.45, 7) is 0. The molecule has 7 nitrogen and oxygen atoms in total. The lowest BCUT2D eigenvalue weighted by molar-refractivity contribution is -0.384. The number of nitro benzene ring substituents is 1. The zero-order chi connectivity index (χ0) is 17.6. The summed E-state index contributed by atoms with van der Waals surface area (Å²) >= 11 is 0. The number of methoxy groups -OCH3 is 1. The summed E-state index contributed by atoms with van der Waals surface area (Å²) in [7, 11) is 1.48. The van der Waals surface area contributed by atoms with Crippen LogP contribution >= 0.6 is 0 Å². The number of urea groups is 1. The molecule has 134 valence electrons. The van der Waals surface area contributed by atoms with E-state index in [1.807, 2.05) is 0 Å². The Morgan fingerprint density at radius 2 is 1.80 bits per heavy atom. The summed E-state index contributed by atoms with van der Waals surface area (Å²) < 4.78 is 5.21. The first-order valence-electron chi connectivity index (χ1n) is 8.88. The van der Waals surface area contributed by atoms with Gasteiger partial charge in [-0.15, -0.1) is 0 Å². The number of nitrogens with zero attached hydrogens (tertiary/aromatic N) is 1. The molecular weight excluding hydrogens is 322 g/mol. The third-order valence-electron chi connectivity index (χ3n) is 6.06. The molecule has 1 aromatic rings. The molecule has 0 spiro atoms. The Balaban J connectivity index is 1.49. The van der Waals surface area contributed by atoms with E-state index in [1.165, 1.54) is 44.6 Å². The van der Waals surface area contributed by atoms with Crippen LogP contribution in [0.3, 0.4) is 0 Å². The fourth-order valence-corrected chi connectivity index (χ4v) is 5.57. The van der Waals surface area contributed by atoms with Gasteiger partial charge in [0.15, 0.2) is 0 Å². The number of anilines is 1. The van der Waals surface area contributed by atoms with Crippen molar-refractivity contribution in [2.24, 2.45) is 17.8 Å². The minimum atomic E-state index is -0.485. The lowest BCUT2D eigenvalue weighted by Gasteiger charge is -2.56. The third-order valence-corrected chi connectivity index (χ3v) is 6.06. The van der Waals surface area contributed by atoms with Crippen LogP contribution in [0.5, 0.6) is 5.75 Å². The number of rotatable bonds is 4. The fraction of sp³-hybridized carbons (Fsp3) is 0.611. The molecule has 0 atom stereocenters. The van der Waals surface area contributed by atoms with Crippen molar-refractivity contribution in [3.05, 3.63) is 28.3 Å². The van der Waals surface area contributed by atoms with Crippen molar-refractivity contribution >= 4 is 17.4 Å². The van der Waals surface area contributed by atoms with Crippen LogP contribution in [0.15, 0.2) is 18.2 Å². The molecule has 1 aromatic carbocycles. The minimum Gasteiger partial charge on any atom is -0.495 e. The zero-order valence-electron chi connectivity index (χ0n) is 14.3. The van der Waals surface area contributed by atoms with Gasteiger partial charge in [-0.1, -0.05) is 0 Å². The Hall–Kier alpha value is -2.31. The molecule has 4 aliphatic rings. The number of ether oxygens (including phenoxy) is 1. The summed E-state index contributed by atoms with van der Waals surface area (Å²) in [5, 5.41) is 16.9. The first-order chi connectivity index (χ1) is 12.0. The van der Waals surface area contributed by atoms with Crippen molar-refractivity contribution in [2.75, 3.05) is 12.4 Å². The molecule has 4 fully saturated rings. The Labute approximate surface area is 146 Å². The van der Waals surface area contributed by atoms with E-state index in [-0.39, 0.29) is 17.3 Å². The summed E-state index contributed by atoms with van der Waals surface area (Å²) in [4.78, 5) is 23.1. The first kappa shape index (κ1) is 16.2. The number of nitro groups is 1. The maximum atomic E-state index is 12.6. The molecule has 0 radical (unpaired) electrons. The van der Waals surface area contributed by atoms with Gasteiger partial charge in [0, 0.05) is 17.7 Å². The molecule has 0 aliphatic heterocycles. The van der Waals surface area contributed by atoms with Crippen molar-refractivity contribution < 1.29 is 14.5 Å². The standard InChI is InChI=1S/C18H23N3O4/c1-25-16-3-2-14(21(23)24)7-15(16)19-17(22)20-18-8-11-4-12(9-18)6-13(5-11)10-18/h2-3,7,11-13H,4-6,8-10H2,1H3,(H2,19,20,22). The predicted molar refractivity (Wildman–Crippen MR) is 92.7 cm³/mol. The lowest BCUT2D eigenvalue weighted by atomic mass is 9.53. The van der Waals surface area contributed by atoms with Crippen LogP contribution in [0.1, 0.15) is 38.5 Å². The lowest BCUT2D eigenvalue weighted by Crippen LogP contribution is -2.60. The highest BCUT2D eigenvalue weighted by molar-refractivity contribution is 5.92. The topological polar surface area (TPSA) is 93.5 Å². The number of benzene rings is 1. The second-order valence-electron chi connectivity index (χ2n) is 7.92. The van der Waals surface area contributed by atoms with E-state index in [0.717, 1.165) is 37.0 Å². The van der Waals surface area contributed by atoms with Gasteiger partial charge in [0.25, 0.3) is 5.69 Å². The van der Waals surface area contributed by atoms with Gasteiger partial charge in [-0.2, -0.15) is 0 Å². The number of carbonyl (C=O) groups is 1. The molecule has 0 aromatic heterocycles. The Kier molecular flexibility index (Phi) is 3.81. The van der Waals surface area contributed by atoms with Crippen molar-refractivity contribution in [3.8, 4) is 5.75 Å². The van der Waals surface area contributed by atoms with Crippen molar-refractivity contribution in [1.82, 2.24) is 5.32 Å². The average Bonchev–Trinajstić information content (AvgIpc) is 2.52. The molecule has 2 N–H and O–H groups in total. The highest BCUT2D eigenvalue weighted by Gasteiger charge is 2.51. The summed E-state index contributed by atoms with van der Waals surface area (Å²) in [6.07, 6.45) is 7.08. The van der Waals surface area contributed by atoms with Crippen LogP contribution in [-0.2, 0) is 0 Å². The highest BCUT2D eigenvalue weighted by atomic mass is 16.6. The SMILES string of the molecule is COc1ccc([N+](=O)[O-])cc1NC(=O)NC12CC3CC(CC(C3)C1)C2. The van der Waals surface area contributed by atoms with Gasteiger partial charge in [-0.05, 0) is 62.3 Å². The maximum Gasteiger partial charge on any atom is 0.319 e. The first-order valence-corrected chi connectivity index (χ1v) is 8.88. The molecule has 0 heterocycles. The van der Waals surface area contributed by atoms with Crippen molar-refractivity contribution in [2.45, 2.75) is 44.1 Å². The van der Waals surface area contributed by atoms with Gasteiger partial charge < -0.3 is 15.4 Å². The smallest absolute Gasteiger partial charge is 0.319 e. The number of hydrogen-bond donors (Lipinski definition) is 2. The quantitative estimate of drug-likeness (QED) is 0.643. The highest BCUT2D eigenvalue weighted by Crippen LogP contribution is 2.55. The second-order valence-corrected chi connectivity index (χ2v) is 7.92. The molecule has 0 saturated heterocycles. The normalized spacial score (nSPS) is 32.3. The monoisotopic (exact) mass is 345 g/mol. The number of amides is 2. The Morgan fingerprint density at radius 3 is 2.32 bits per heavy atom. The van der Waals surface area contributed by atoms with Gasteiger partial charge in [0.2, 0.25) is 0 Å². The average molecular weight is 345 g/mol. The molecule has 4 bridgehead atoms. The maximum absolute atomic E-state index is 12.6. The molecule has 4 saturated carbocycles. The van der Waals surface area contributed by atoms with Crippen LogP contribution in [0.2, 0.25) is 0 Å². The van der Waals surface area contributed by atoms with E-state index in [0.29, 0.717) is 11.4 Å². The molecule has 25 heavy (non-hydrogen) atoms. The van der Waals surface area contributed by atoms with Gasteiger partial charge in [0.05, 0.1) is 17.7 Å². The number of non-ortho nitro benzene ring substituents is 1. The second kappa shape index (κ2) is 5.89. The van der Waals surface area contributed by atoms with Gasteiger partial charge in [-0.25, -0.2) is 4.79 Å². The van der Waals surface area contributed by atoms with Crippen LogP contribution < -0.4 is 15.4 Å². The summed E-state index contributed by atoms with van der Waals surface area (Å²) in [5.74, 6) is 2.61. The van der Waals surface area contributed by atoms with E-state index in [2.05, 4.69) is 10.6 Å². The van der Waals surface area contributed by atoms with Crippen LogP contribution in [0.25, 0.3) is 0 Å². The molecule has 5 rings (SSSR count). The van der Waals surface area contributed by atoms with E-state index >= 15 is 0 Å². The molecule has 0 unspecified atom stereocenters. The van der Waals surface area contributed by atoms with E-state index in [4.69, 9.17) is 4.74 Å². The van der Waals surface area contributed by atoms with E-state index in [9.17, 15) is 14.9 Å². The van der Waals surface area contributed by atoms with Crippen molar-refractivity contribution in [1.29, 1.82) is 0 Å². The summed E-state index contributed by atoms with van der Waals surface area (Å²) in [5.41, 5.74) is 0.136. The molecular formula is C18H23N3O4. The van der Waals surface area contributed by atoms with Crippen LogP contribution in [-0.4, -0.2) is 23.6 Å². The molecule has 2 amide bonds. The van der Waals surface area contributed by atoms with Crippen LogP contribution in [0.4, 0.5) is 16.2 Å². The molecule has 4 aliphatic carbocycles. The fourth-order valence-electron chi connectivity index (χ4n) is 5.57. The largest absolute Gasteiger partial charge is 0.495 e. The van der Waals surface area contributed by atoms with Gasteiger partial charge in [0.1, 0.15) is 5.75 Å². The predicted octanol–water partition coefficient (Wildman–Crippen LogP) is 3.69. The summed E-state index contributed by atoms with van der Waals surface area (Å²) in [6, 6.07) is 3.89. The van der Waals surface area contributed by atoms with Crippen LogP contribution in [0, 0.1) is 27.9 Å². The van der Waals surface area contributed by atoms with E-state index in [1.54, 1.807) is 0 Å². The van der Waals surface area contributed by atoms with Gasteiger partial charge in [-0.3, -0.25) is 10.1 Å². The Morgan fingerprint density at radius 1 is 1.20 bits per heavy atom. The number of nitrogens with one attached hydrogen (secondary N) is 2. The van der Waals surface area contributed by atoms with Gasteiger partial charge >= 0.3 is 6.03 Å². The van der Waals surface area contributed by atoms with Crippen molar-refractivity contribution in [3.63, 3.8) is 0 Å². The number of carbonyl (C=O) groups excluding carboxylic acids is 1. The third kappa shape index (κ3) is 3.03. The van der Waals surface area contributed by atoms with E-state index < -0.39 is 4.92 Å². The zero-order valence-corrected chi connectivity index (χ0v) is 14.3.